The van der Waals surface area contributed by atoms with Crippen LogP contribution in [0.3, 0.4) is 0 Å². The van der Waals surface area contributed by atoms with Crippen LogP contribution in [0.15, 0.2) is 90.1 Å². The van der Waals surface area contributed by atoms with Gasteiger partial charge in [0.05, 0.1) is 25.1 Å². The molecular weight excluding hydrogens is 525 g/mol. The van der Waals surface area contributed by atoms with Crippen LogP contribution in [0, 0.1) is 22.0 Å². The lowest BCUT2D eigenvalue weighted by atomic mass is 10.0. The molecule has 1 amide bonds. The Balaban J connectivity index is -0.000000284. The molecule has 0 aliphatic heterocycles. The van der Waals surface area contributed by atoms with Crippen molar-refractivity contribution in [2.75, 3.05) is 32.1 Å². The molecule has 8 heteroatoms. The molecule has 41 heavy (non-hydrogen) atoms. The van der Waals surface area contributed by atoms with Crippen LogP contribution in [0.25, 0.3) is 0 Å². The van der Waals surface area contributed by atoms with Gasteiger partial charge in [-0.2, -0.15) is 5.26 Å². The Hall–Kier alpha value is -3.28. The molecule has 2 radical (unpaired) electrons. The number of hydrogen-bond donors (Lipinski definition) is 2. The van der Waals surface area contributed by atoms with E-state index in [1.807, 2.05) is 77.3 Å². The predicted molar refractivity (Wildman–Crippen MR) is 186 cm³/mol. The first-order valence-electron chi connectivity index (χ1n) is 13.8. The summed E-state index contributed by atoms with van der Waals surface area (Å²) in [5.74, 6) is 0.992. The maximum absolute atomic E-state index is 12.1. The third kappa shape index (κ3) is 26.7. The topological polar surface area (TPSA) is 106 Å². The van der Waals surface area contributed by atoms with Crippen molar-refractivity contribution in [2.24, 2.45) is 16.6 Å². The number of rotatable bonds is 12. The van der Waals surface area contributed by atoms with Crippen molar-refractivity contribution in [3.8, 4) is 6.07 Å². The van der Waals surface area contributed by atoms with Gasteiger partial charge in [-0.25, -0.2) is 0 Å². The average Bonchev–Trinajstić information content (AvgIpc) is 2.98. The molecule has 3 N–H and O–H groups in total. The summed E-state index contributed by atoms with van der Waals surface area (Å²) in [5.41, 5.74) is 8.87. The Bertz CT molecular complexity index is 1020. The molecule has 0 saturated heterocycles. The summed E-state index contributed by atoms with van der Waals surface area (Å²) in [6.07, 6.45) is 14.9. The third-order valence-corrected chi connectivity index (χ3v) is 5.59. The zero-order chi connectivity index (χ0) is 32.6. The number of aliphatic imine (C=N–C) groups is 1. The Morgan fingerprint density at radius 2 is 1.85 bits per heavy atom. The number of amides is 1. The zero-order valence-corrected chi connectivity index (χ0v) is 27.8. The molecular formula is C33H54BN5OS. The number of benzene rings is 1. The molecule has 226 valence electrons. The molecule has 0 aliphatic carbocycles. The van der Waals surface area contributed by atoms with Gasteiger partial charge in [0.25, 0.3) is 5.91 Å². The summed E-state index contributed by atoms with van der Waals surface area (Å²) in [6, 6.07) is 9.85. The van der Waals surface area contributed by atoms with E-state index in [1.54, 1.807) is 18.0 Å². The van der Waals surface area contributed by atoms with Gasteiger partial charge < -0.3 is 10.6 Å². The molecule has 1 aromatic rings. The highest BCUT2D eigenvalue weighted by Gasteiger charge is 2.15. The summed E-state index contributed by atoms with van der Waals surface area (Å²) in [7, 11) is 5.90. The molecule has 1 rings (SSSR count). The maximum Gasteiger partial charge on any atom is 0.255 e. The van der Waals surface area contributed by atoms with Gasteiger partial charge in [0.1, 0.15) is 0 Å². The molecule has 0 aliphatic rings. The Morgan fingerprint density at radius 3 is 2.34 bits per heavy atom. The van der Waals surface area contributed by atoms with Gasteiger partial charge in [-0.15, -0.1) is 10.7 Å². The lowest BCUT2D eigenvalue weighted by molar-refractivity contribution is -0.125. The van der Waals surface area contributed by atoms with E-state index in [4.69, 9.17) is 15.8 Å². The Morgan fingerprint density at radius 1 is 1.24 bits per heavy atom. The SMILES string of the molecule is C=C/C(=C\N=CCN)C(=O)N(C)CC(C)C[S@](C)=N.C=C/C=C\C=C(/C)Cc1cccc(C#N)c1.CC.CC.[B]C. The summed E-state index contributed by atoms with van der Waals surface area (Å²) in [6.45, 7) is 21.8. The largest absolute Gasteiger partial charge is 0.341 e. The molecule has 0 heterocycles. The molecule has 2 atom stereocenters. The summed E-state index contributed by atoms with van der Waals surface area (Å²) in [5, 5.41) is 8.78. The van der Waals surface area contributed by atoms with Gasteiger partial charge in [-0.05, 0) is 43.2 Å². The third-order valence-electron chi connectivity index (χ3n) is 4.53. The van der Waals surface area contributed by atoms with E-state index in [-0.39, 0.29) is 16.6 Å². The molecule has 0 bridgehead atoms. The van der Waals surface area contributed by atoms with Crippen LogP contribution in [0.1, 0.15) is 52.7 Å². The fourth-order valence-electron chi connectivity index (χ4n) is 3.07. The monoisotopic (exact) mass is 579 g/mol. The predicted octanol–water partition coefficient (Wildman–Crippen LogP) is 7.24. The number of nitriles is 1. The van der Waals surface area contributed by atoms with Crippen molar-refractivity contribution in [2.45, 2.75) is 54.8 Å². The first kappa shape index (κ1) is 44.7. The fraction of sp³-hybridized carbons (Fsp3) is 0.424. The van der Waals surface area contributed by atoms with Crippen molar-refractivity contribution in [1.29, 1.82) is 10.0 Å². The second-order valence-corrected chi connectivity index (χ2v) is 9.68. The minimum Gasteiger partial charge on any atom is -0.341 e. The maximum atomic E-state index is 12.1. The Labute approximate surface area is 255 Å². The number of nitrogens with zero attached hydrogens (tertiary/aromatic N) is 3. The van der Waals surface area contributed by atoms with Crippen LogP contribution in [0.4, 0.5) is 0 Å². The second kappa shape index (κ2) is 32.9. The van der Waals surface area contributed by atoms with Crippen molar-refractivity contribution in [3.63, 3.8) is 0 Å². The average molecular weight is 580 g/mol. The quantitative estimate of drug-likeness (QED) is 0.118. The summed E-state index contributed by atoms with van der Waals surface area (Å²) >= 11 is 0. The van der Waals surface area contributed by atoms with Gasteiger partial charge in [0.15, 0.2) is 0 Å². The van der Waals surface area contributed by atoms with E-state index in [0.29, 0.717) is 30.1 Å². The molecule has 6 nitrogen and oxygen atoms in total. The standard InChI is InChI=1S/C15H15N.C13H24N4OS.2C2H6.CH3B/c1-3-4-5-7-13(2)10-14-8-6-9-15(11-14)12-16;1-5-12(8-16-7-6-14)13(18)17(3)9-11(2)10-19(4)15;3*1-2/h3-9,11H,1,10H2,2H3;5,7-8,11,15H,1,6,9-10,14H2,2-4H3;2*1-2H3;1H3/b5-4-,13-7+;12-8+,16-7?;;;/t;11?,19-;;;/m.0.../s1. The normalized spacial score (nSPS) is 11.9. The molecule has 0 saturated carbocycles. The number of likely N-dealkylation sites (N-methyl/N-ethyl adjacent to an activating group) is 1. The number of hydrogen-bond acceptors (Lipinski definition) is 5. The van der Waals surface area contributed by atoms with E-state index >= 15 is 0 Å². The minimum absolute atomic E-state index is 0.114. The van der Waals surface area contributed by atoms with E-state index in [9.17, 15) is 4.79 Å². The van der Waals surface area contributed by atoms with E-state index in [1.165, 1.54) is 36.5 Å². The van der Waals surface area contributed by atoms with E-state index in [0.717, 1.165) is 12.2 Å². The summed E-state index contributed by atoms with van der Waals surface area (Å²) in [4.78, 5) is 17.7. The first-order valence-corrected chi connectivity index (χ1v) is 15.6. The van der Waals surface area contributed by atoms with Crippen LogP contribution < -0.4 is 5.73 Å². The lowest BCUT2D eigenvalue weighted by Crippen LogP contribution is -2.33. The number of allylic oxidation sites excluding steroid dienone is 5. The fourth-order valence-corrected chi connectivity index (χ4v) is 4.03. The highest BCUT2D eigenvalue weighted by atomic mass is 32.2. The molecule has 0 fully saturated rings. The van der Waals surface area contributed by atoms with Gasteiger partial charge in [0.2, 0.25) is 0 Å². The summed E-state index contributed by atoms with van der Waals surface area (Å²) < 4.78 is 7.56. The number of nitrogens with two attached hydrogens (primary N) is 1. The first-order chi connectivity index (χ1) is 19.7. The van der Waals surface area contributed by atoms with Crippen molar-refractivity contribution in [1.82, 2.24) is 4.90 Å². The molecule has 1 unspecified atom stereocenters. The van der Waals surface area contributed by atoms with Crippen LogP contribution in [0.2, 0.25) is 6.82 Å². The van der Waals surface area contributed by atoms with E-state index < -0.39 is 0 Å². The van der Waals surface area contributed by atoms with Crippen LogP contribution in [-0.4, -0.2) is 57.0 Å². The van der Waals surface area contributed by atoms with Crippen LogP contribution >= 0.6 is 0 Å². The van der Waals surface area contributed by atoms with Gasteiger partial charge in [-0.1, -0.05) is 103 Å². The lowest BCUT2D eigenvalue weighted by Gasteiger charge is -2.21. The molecule has 0 aromatic heterocycles. The van der Waals surface area contributed by atoms with Crippen LogP contribution in [-0.2, 0) is 21.9 Å². The van der Waals surface area contributed by atoms with Gasteiger partial charge >= 0.3 is 0 Å². The van der Waals surface area contributed by atoms with Crippen LogP contribution in [0.5, 0.6) is 0 Å². The number of nitrogens with one attached hydrogen (secondary N) is 1. The molecule has 1 aromatic carbocycles. The van der Waals surface area contributed by atoms with Crippen molar-refractivity contribution >= 4 is 30.7 Å². The zero-order valence-electron chi connectivity index (χ0n) is 27.0. The second-order valence-electron chi connectivity index (χ2n) is 8.07. The van der Waals surface area contributed by atoms with Gasteiger partial charge in [-0.3, -0.25) is 14.6 Å². The minimum atomic E-state index is -0.354. The van der Waals surface area contributed by atoms with Gasteiger partial charge in [0, 0.05) is 38.3 Å². The Kier molecular flexibility index (Phi) is 35.9. The smallest absolute Gasteiger partial charge is 0.255 e. The van der Waals surface area contributed by atoms with Crippen molar-refractivity contribution in [3.05, 3.63) is 96.3 Å². The van der Waals surface area contributed by atoms with E-state index in [2.05, 4.69) is 45.1 Å². The number of carbonyl (C=O) groups is 1. The molecule has 0 spiro atoms. The highest BCUT2D eigenvalue weighted by molar-refractivity contribution is 7.85. The van der Waals surface area contributed by atoms with Crippen molar-refractivity contribution < 1.29 is 4.79 Å². The number of carbonyl (C=O) groups excluding carboxylic acids is 1. The highest BCUT2D eigenvalue weighted by Crippen LogP contribution is 2.10.